The lowest BCUT2D eigenvalue weighted by Gasteiger charge is -2.37. The van der Waals surface area contributed by atoms with Crippen molar-refractivity contribution in [2.45, 2.75) is 51.5 Å². The Morgan fingerprint density at radius 2 is 1.72 bits per heavy atom. The van der Waals surface area contributed by atoms with Crippen molar-refractivity contribution in [2.24, 2.45) is 0 Å². The molecule has 1 aliphatic rings. The number of ether oxygens (including phenoxy) is 1. The van der Waals surface area contributed by atoms with Gasteiger partial charge in [-0.3, -0.25) is 9.69 Å². The predicted molar refractivity (Wildman–Crippen MR) is 110 cm³/mol. The second kappa shape index (κ2) is 8.66. The zero-order valence-electron chi connectivity index (χ0n) is 17.1. The lowest BCUT2D eigenvalue weighted by Crippen LogP contribution is -2.54. The molecule has 1 heterocycles. The summed E-state index contributed by atoms with van der Waals surface area (Å²) in [5.74, 6) is -0.305. The molecule has 6 heteroatoms. The zero-order chi connectivity index (χ0) is 21.0. The summed E-state index contributed by atoms with van der Waals surface area (Å²) in [6.45, 7) is 5.78. The fourth-order valence-electron chi connectivity index (χ4n) is 3.38. The van der Waals surface area contributed by atoms with Crippen molar-refractivity contribution in [3.05, 3.63) is 71.3 Å². The molecule has 0 aliphatic carbocycles. The molecule has 2 aromatic carbocycles. The molecule has 2 atom stereocenters. The summed E-state index contributed by atoms with van der Waals surface area (Å²) in [6, 6.07) is 16.2. The number of aliphatic hydroxyl groups excluding tert-OH is 1. The van der Waals surface area contributed by atoms with E-state index in [9.17, 15) is 14.7 Å². The highest BCUT2D eigenvalue weighted by molar-refractivity contribution is 5.86. The minimum atomic E-state index is -0.814. The first-order chi connectivity index (χ1) is 13.7. The molecule has 6 nitrogen and oxygen atoms in total. The number of carbonyl (C=O) groups excluding carboxylic acids is 2. The first-order valence-electron chi connectivity index (χ1n) is 9.82. The number of fused-ring (bicyclic) bond motifs is 1. The van der Waals surface area contributed by atoms with E-state index in [-0.39, 0.29) is 12.5 Å². The molecule has 154 valence electrons. The highest BCUT2D eigenvalue weighted by Crippen LogP contribution is 2.25. The summed E-state index contributed by atoms with van der Waals surface area (Å²) in [5.41, 5.74) is 2.12. The molecule has 0 saturated heterocycles. The summed E-state index contributed by atoms with van der Waals surface area (Å²) in [4.78, 5) is 27.2. The number of carbonyl (C=O) groups is 2. The van der Waals surface area contributed by atoms with Crippen LogP contribution in [0.15, 0.2) is 54.6 Å². The molecule has 2 N–H and O–H groups in total. The standard InChI is InChI=1S/C23H28N2O4/c1-23(2,3)29-22(28)25-15-18-12-8-7-11-17(18)13-19(25)21(27)24-14-20(26)16-9-5-4-6-10-16/h4-12,19-20,26H,13-15H2,1-3H3,(H,24,27)/t19-,20+/m0/s1. The predicted octanol–water partition coefficient (Wildman–Crippen LogP) is 3.20. The first-order valence-corrected chi connectivity index (χ1v) is 9.82. The van der Waals surface area contributed by atoms with Crippen molar-refractivity contribution in [3.63, 3.8) is 0 Å². The topological polar surface area (TPSA) is 78.9 Å². The lowest BCUT2D eigenvalue weighted by molar-refractivity contribution is -0.127. The molecule has 2 aromatic rings. The quantitative estimate of drug-likeness (QED) is 0.832. The number of nitrogens with one attached hydrogen (secondary N) is 1. The maximum absolute atomic E-state index is 13.0. The van der Waals surface area contributed by atoms with Crippen molar-refractivity contribution in [1.29, 1.82) is 0 Å². The second-order valence-electron chi connectivity index (χ2n) is 8.27. The maximum Gasteiger partial charge on any atom is 0.411 e. The van der Waals surface area contributed by atoms with Gasteiger partial charge in [0.25, 0.3) is 0 Å². The molecule has 0 unspecified atom stereocenters. The van der Waals surface area contributed by atoms with Gasteiger partial charge < -0.3 is 15.2 Å². The summed E-state index contributed by atoms with van der Waals surface area (Å²) < 4.78 is 5.53. The summed E-state index contributed by atoms with van der Waals surface area (Å²) in [5, 5.41) is 13.1. The van der Waals surface area contributed by atoms with Gasteiger partial charge in [0.05, 0.1) is 12.6 Å². The third-order valence-corrected chi connectivity index (χ3v) is 4.83. The maximum atomic E-state index is 13.0. The molecule has 0 fully saturated rings. The van der Waals surface area contributed by atoms with Crippen LogP contribution in [-0.2, 0) is 22.5 Å². The van der Waals surface area contributed by atoms with Gasteiger partial charge in [-0.25, -0.2) is 4.79 Å². The number of hydrogen-bond acceptors (Lipinski definition) is 4. The Balaban J connectivity index is 1.74. The largest absolute Gasteiger partial charge is 0.444 e. The van der Waals surface area contributed by atoms with Gasteiger partial charge in [0.2, 0.25) is 5.91 Å². The average molecular weight is 396 g/mol. The summed E-state index contributed by atoms with van der Waals surface area (Å²) in [6.07, 6.45) is -0.926. The van der Waals surface area contributed by atoms with E-state index in [2.05, 4.69) is 5.32 Å². The number of nitrogens with zero attached hydrogens (tertiary/aromatic N) is 1. The van der Waals surface area contributed by atoms with Gasteiger partial charge in [0.1, 0.15) is 11.6 Å². The van der Waals surface area contributed by atoms with Gasteiger partial charge in [0, 0.05) is 13.0 Å². The Morgan fingerprint density at radius 3 is 2.38 bits per heavy atom. The van der Waals surface area contributed by atoms with Gasteiger partial charge in [-0.1, -0.05) is 54.6 Å². The van der Waals surface area contributed by atoms with Crippen molar-refractivity contribution in [1.82, 2.24) is 10.2 Å². The van der Waals surface area contributed by atoms with E-state index in [1.54, 1.807) is 32.9 Å². The van der Waals surface area contributed by atoms with E-state index < -0.39 is 23.8 Å². The van der Waals surface area contributed by atoms with Crippen LogP contribution in [0.3, 0.4) is 0 Å². The Labute approximate surface area is 171 Å². The van der Waals surface area contributed by atoms with E-state index >= 15 is 0 Å². The van der Waals surface area contributed by atoms with Gasteiger partial charge in [0.15, 0.2) is 0 Å². The van der Waals surface area contributed by atoms with Crippen molar-refractivity contribution < 1.29 is 19.4 Å². The van der Waals surface area contributed by atoms with Crippen LogP contribution in [0.4, 0.5) is 4.79 Å². The second-order valence-corrected chi connectivity index (χ2v) is 8.27. The number of benzene rings is 2. The molecule has 0 radical (unpaired) electrons. The fourth-order valence-corrected chi connectivity index (χ4v) is 3.38. The number of aliphatic hydroxyl groups is 1. The molecule has 1 aliphatic heterocycles. The number of rotatable bonds is 4. The average Bonchev–Trinajstić information content (AvgIpc) is 2.70. The molecule has 0 spiro atoms. The molecule has 3 rings (SSSR count). The third kappa shape index (κ3) is 5.35. The first kappa shape index (κ1) is 20.9. The van der Waals surface area contributed by atoms with Crippen LogP contribution in [0.5, 0.6) is 0 Å². The van der Waals surface area contributed by atoms with Crippen LogP contribution in [-0.4, -0.2) is 40.2 Å². The van der Waals surface area contributed by atoms with Crippen LogP contribution >= 0.6 is 0 Å². The summed E-state index contributed by atoms with van der Waals surface area (Å²) >= 11 is 0. The minimum absolute atomic E-state index is 0.0726. The Morgan fingerprint density at radius 1 is 1.10 bits per heavy atom. The molecule has 2 amide bonds. The van der Waals surface area contributed by atoms with Crippen molar-refractivity contribution in [3.8, 4) is 0 Å². The SMILES string of the molecule is CC(C)(C)OC(=O)N1Cc2ccccc2C[C@H]1C(=O)NC[C@@H](O)c1ccccc1. The van der Waals surface area contributed by atoms with Crippen LogP contribution < -0.4 is 5.32 Å². The zero-order valence-corrected chi connectivity index (χ0v) is 17.1. The molecule has 29 heavy (non-hydrogen) atoms. The monoisotopic (exact) mass is 396 g/mol. The van der Waals surface area contributed by atoms with Gasteiger partial charge >= 0.3 is 6.09 Å². The van der Waals surface area contributed by atoms with Crippen LogP contribution in [0, 0.1) is 0 Å². The Kier molecular flexibility index (Phi) is 6.23. The summed E-state index contributed by atoms with van der Waals surface area (Å²) in [7, 11) is 0. The fraction of sp³-hybridized carbons (Fsp3) is 0.391. The molecular weight excluding hydrogens is 368 g/mol. The van der Waals surface area contributed by atoms with Gasteiger partial charge in [-0.15, -0.1) is 0 Å². The highest BCUT2D eigenvalue weighted by Gasteiger charge is 2.37. The number of hydrogen-bond donors (Lipinski definition) is 2. The van der Waals surface area contributed by atoms with Crippen LogP contribution in [0.25, 0.3) is 0 Å². The van der Waals surface area contributed by atoms with Crippen molar-refractivity contribution >= 4 is 12.0 Å². The third-order valence-electron chi connectivity index (χ3n) is 4.83. The van der Waals surface area contributed by atoms with Gasteiger partial charge in [-0.2, -0.15) is 0 Å². The minimum Gasteiger partial charge on any atom is -0.444 e. The lowest BCUT2D eigenvalue weighted by atomic mass is 9.93. The van der Waals surface area contributed by atoms with E-state index in [0.29, 0.717) is 13.0 Å². The molecular formula is C23H28N2O4. The molecule has 0 bridgehead atoms. The normalized spacial score (nSPS) is 17.2. The van der Waals surface area contributed by atoms with E-state index in [0.717, 1.165) is 16.7 Å². The van der Waals surface area contributed by atoms with Crippen LogP contribution in [0.1, 0.15) is 43.6 Å². The molecule has 0 aromatic heterocycles. The Bertz CT molecular complexity index is 861. The number of amides is 2. The van der Waals surface area contributed by atoms with Crippen LogP contribution in [0.2, 0.25) is 0 Å². The van der Waals surface area contributed by atoms with Gasteiger partial charge in [-0.05, 0) is 37.5 Å². The Hall–Kier alpha value is -2.86. The van der Waals surface area contributed by atoms with Crippen molar-refractivity contribution in [2.75, 3.05) is 6.54 Å². The smallest absolute Gasteiger partial charge is 0.411 e. The van der Waals surface area contributed by atoms with E-state index in [4.69, 9.17) is 4.74 Å². The van der Waals surface area contributed by atoms with E-state index in [1.165, 1.54) is 4.90 Å². The van der Waals surface area contributed by atoms with E-state index in [1.807, 2.05) is 42.5 Å². The molecule has 0 saturated carbocycles. The highest BCUT2D eigenvalue weighted by atomic mass is 16.6.